The van der Waals surface area contributed by atoms with Gasteiger partial charge < -0.3 is 10.2 Å². The Morgan fingerprint density at radius 3 is 2.34 bits per heavy atom. The van der Waals surface area contributed by atoms with Gasteiger partial charge >= 0.3 is 0 Å². The summed E-state index contributed by atoms with van der Waals surface area (Å²) >= 11 is 0. The van der Waals surface area contributed by atoms with Gasteiger partial charge in [0.1, 0.15) is 4.90 Å². The summed E-state index contributed by atoms with van der Waals surface area (Å²) in [5.41, 5.74) is 3.17. The van der Waals surface area contributed by atoms with E-state index in [0.29, 0.717) is 17.8 Å². The van der Waals surface area contributed by atoms with Gasteiger partial charge in [0.2, 0.25) is 0 Å². The minimum atomic E-state index is -4.01. The van der Waals surface area contributed by atoms with Crippen molar-refractivity contribution in [3.05, 3.63) is 89.0 Å². The number of sulfonamides is 1. The number of anilines is 2. The van der Waals surface area contributed by atoms with Gasteiger partial charge in [-0.1, -0.05) is 18.2 Å². The highest BCUT2D eigenvalue weighted by Gasteiger charge is 2.43. The van der Waals surface area contributed by atoms with E-state index in [2.05, 4.69) is 5.32 Å². The average molecular weight is 490 g/mol. The molecule has 0 atom stereocenters. The standard InChI is InChI=1S/C26H23N3O5S/c1-16(2)29-26(32)21-12-9-19(15-23(21)35(29,33)34)24(30)27-20-10-7-18(8-11-20)25(31)28-14-13-17-5-3-4-6-22(17)28/h3-12,15-16H,13-14H2,1-2H3,(H,27,30). The van der Waals surface area contributed by atoms with Crippen LogP contribution >= 0.6 is 0 Å². The molecule has 8 nitrogen and oxygen atoms in total. The summed E-state index contributed by atoms with van der Waals surface area (Å²) in [5.74, 6) is -1.23. The Morgan fingerprint density at radius 1 is 0.943 bits per heavy atom. The molecular formula is C26H23N3O5S. The Balaban J connectivity index is 1.33. The van der Waals surface area contributed by atoms with E-state index in [4.69, 9.17) is 0 Å². The van der Waals surface area contributed by atoms with Gasteiger partial charge in [-0.2, -0.15) is 0 Å². The SMILES string of the molecule is CC(C)N1C(=O)c2ccc(C(=O)Nc3ccc(C(=O)N4CCc5ccccc54)cc3)cc2S1(=O)=O. The second kappa shape index (κ2) is 8.35. The molecule has 0 radical (unpaired) electrons. The molecule has 0 unspecified atom stereocenters. The van der Waals surface area contributed by atoms with Crippen molar-refractivity contribution >= 4 is 39.1 Å². The lowest BCUT2D eigenvalue weighted by molar-refractivity contribution is 0.0845. The number of carbonyl (C=O) groups excluding carboxylic acids is 3. The highest BCUT2D eigenvalue weighted by Crippen LogP contribution is 2.33. The van der Waals surface area contributed by atoms with Crippen LogP contribution in [0.4, 0.5) is 11.4 Å². The number of fused-ring (bicyclic) bond motifs is 2. The Kier molecular flexibility index (Phi) is 5.44. The van der Waals surface area contributed by atoms with Crippen molar-refractivity contribution in [2.45, 2.75) is 31.2 Å². The molecule has 0 fully saturated rings. The van der Waals surface area contributed by atoms with Gasteiger partial charge in [-0.25, -0.2) is 12.7 Å². The number of rotatable bonds is 4. The maximum Gasteiger partial charge on any atom is 0.269 e. The lowest BCUT2D eigenvalue weighted by atomic mass is 10.1. The molecule has 0 bridgehead atoms. The largest absolute Gasteiger partial charge is 0.322 e. The molecule has 0 spiro atoms. The number of hydrogen-bond donors (Lipinski definition) is 1. The van der Waals surface area contributed by atoms with Crippen LogP contribution in [0.5, 0.6) is 0 Å². The summed E-state index contributed by atoms with van der Waals surface area (Å²) in [6.45, 7) is 3.85. The van der Waals surface area contributed by atoms with E-state index in [1.165, 1.54) is 18.2 Å². The van der Waals surface area contributed by atoms with E-state index in [1.807, 2.05) is 24.3 Å². The van der Waals surface area contributed by atoms with Crippen LogP contribution in [0.1, 0.15) is 50.5 Å². The minimum absolute atomic E-state index is 0.0570. The molecule has 35 heavy (non-hydrogen) atoms. The summed E-state index contributed by atoms with van der Waals surface area (Å²) in [5, 5.41) is 2.72. The average Bonchev–Trinajstić information content (AvgIpc) is 3.35. The monoisotopic (exact) mass is 489 g/mol. The van der Waals surface area contributed by atoms with Gasteiger partial charge in [0.25, 0.3) is 27.7 Å². The van der Waals surface area contributed by atoms with Crippen molar-refractivity contribution in [3.63, 3.8) is 0 Å². The third kappa shape index (κ3) is 3.77. The fraction of sp³-hybridized carbons (Fsp3) is 0.192. The van der Waals surface area contributed by atoms with E-state index in [-0.39, 0.29) is 21.9 Å². The molecule has 0 saturated carbocycles. The Bertz CT molecular complexity index is 1480. The van der Waals surface area contributed by atoms with Crippen molar-refractivity contribution in [3.8, 4) is 0 Å². The van der Waals surface area contributed by atoms with Gasteiger partial charge in [0, 0.05) is 35.1 Å². The minimum Gasteiger partial charge on any atom is -0.322 e. The lowest BCUT2D eigenvalue weighted by Crippen LogP contribution is -2.36. The molecule has 9 heteroatoms. The van der Waals surface area contributed by atoms with E-state index < -0.39 is 27.9 Å². The van der Waals surface area contributed by atoms with Crippen molar-refractivity contribution in [2.75, 3.05) is 16.8 Å². The molecule has 5 rings (SSSR count). The van der Waals surface area contributed by atoms with Gasteiger partial charge in [-0.15, -0.1) is 0 Å². The fourth-order valence-corrected chi connectivity index (χ4v) is 6.30. The van der Waals surface area contributed by atoms with Gasteiger partial charge in [0.15, 0.2) is 0 Å². The summed E-state index contributed by atoms with van der Waals surface area (Å²) in [6.07, 6.45) is 0.813. The summed E-state index contributed by atoms with van der Waals surface area (Å²) in [4.78, 5) is 39.9. The van der Waals surface area contributed by atoms with E-state index in [9.17, 15) is 22.8 Å². The summed E-state index contributed by atoms with van der Waals surface area (Å²) < 4.78 is 26.4. The number of para-hydroxylation sites is 1. The van der Waals surface area contributed by atoms with Crippen LogP contribution in [-0.4, -0.2) is 43.0 Å². The molecule has 2 heterocycles. The first kappa shape index (κ1) is 22.8. The maximum absolute atomic E-state index is 13.0. The number of nitrogens with zero attached hydrogens (tertiary/aromatic N) is 2. The molecule has 3 aromatic rings. The van der Waals surface area contributed by atoms with Gasteiger partial charge in [-0.3, -0.25) is 14.4 Å². The number of benzene rings is 3. The highest BCUT2D eigenvalue weighted by molar-refractivity contribution is 7.90. The first-order valence-electron chi connectivity index (χ1n) is 11.2. The van der Waals surface area contributed by atoms with Crippen LogP contribution in [0.3, 0.4) is 0 Å². The second-order valence-electron chi connectivity index (χ2n) is 8.78. The van der Waals surface area contributed by atoms with Crippen molar-refractivity contribution in [1.82, 2.24) is 4.31 Å². The summed E-state index contributed by atoms with van der Waals surface area (Å²) in [7, 11) is -4.01. The van der Waals surface area contributed by atoms with Crippen molar-refractivity contribution in [1.29, 1.82) is 0 Å². The zero-order valence-corrected chi connectivity index (χ0v) is 20.0. The van der Waals surface area contributed by atoms with Crippen LogP contribution in [-0.2, 0) is 16.4 Å². The maximum atomic E-state index is 13.0. The third-order valence-electron chi connectivity index (χ3n) is 6.20. The molecule has 2 aliphatic rings. The van der Waals surface area contributed by atoms with Crippen molar-refractivity contribution in [2.24, 2.45) is 0 Å². The first-order chi connectivity index (χ1) is 16.7. The van der Waals surface area contributed by atoms with Crippen LogP contribution in [0.25, 0.3) is 0 Å². The van der Waals surface area contributed by atoms with E-state index in [0.717, 1.165) is 22.0 Å². The fourth-order valence-electron chi connectivity index (χ4n) is 4.50. The normalized spacial score (nSPS) is 15.8. The Morgan fingerprint density at radius 2 is 1.63 bits per heavy atom. The predicted molar refractivity (Wildman–Crippen MR) is 131 cm³/mol. The van der Waals surface area contributed by atoms with Crippen LogP contribution in [0, 0.1) is 0 Å². The first-order valence-corrected chi connectivity index (χ1v) is 12.7. The van der Waals surface area contributed by atoms with Gasteiger partial charge in [0.05, 0.1) is 5.56 Å². The van der Waals surface area contributed by atoms with Gasteiger partial charge in [-0.05, 0) is 74.4 Å². The van der Waals surface area contributed by atoms with Crippen LogP contribution in [0.2, 0.25) is 0 Å². The third-order valence-corrected chi connectivity index (χ3v) is 8.20. The molecule has 178 valence electrons. The second-order valence-corrected chi connectivity index (χ2v) is 10.6. The molecule has 0 aromatic heterocycles. The highest BCUT2D eigenvalue weighted by atomic mass is 32.2. The lowest BCUT2D eigenvalue weighted by Gasteiger charge is -2.18. The zero-order chi connectivity index (χ0) is 24.9. The van der Waals surface area contributed by atoms with Crippen LogP contribution < -0.4 is 10.2 Å². The van der Waals surface area contributed by atoms with E-state index in [1.54, 1.807) is 43.0 Å². The molecule has 3 aromatic carbocycles. The molecule has 0 saturated heterocycles. The topological polar surface area (TPSA) is 104 Å². The smallest absolute Gasteiger partial charge is 0.269 e. The molecule has 3 amide bonds. The Labute approximate surface area is 203 Å². The van der Waals surface area contributed by atoms with Crippen LogP contribution in [0.15, 0.2) is 71.6 Å². The number of carbonyl (C=O) groups is 3. The summed E-state index contributed by atoms with van der Waals surface area (Å²) in [6, 6.07) is 17.8. The zero-order valence-electron chi connectivity index (χ0n) is 19.2. The molecule has 0 aliphatic carbocycles. The van der Waals surface area contributed by atoms with Crippen molar-refractivity contribution < 1.29 is 22.8 Å². The molecule has 1 N–H and O–H groups in total. The van der Waals surface area contributed by atoms with E-state index >= 15 is 0 Å². The number of amides is 3. The molecular weight excluding hydrogens is 466 g/mol. The number of nitrogens with one attached hydrogen (secondary N) is 1. The Hall–Kier alpha value is -3.98. The predicted octanol–water partition coefficient (Wildman–Crippen LogP) is 3.69. The molecule has 2 aliphatic heterocycles. The quantitative estimate of drug-likeness (QED) is 0.602. The number of hydrogen-bond acceptors (Lipinski definition) is 5.